The highest BCUT2D eigenvalue weighted by molar-refractivity contribution is 6.10. The monoisotopic (exact) mass is 610 g/mol. The van der Waals surface area contributed by atoms with Crippen molar-refractivity contribution in [2.24, 2.45) is 0 Å². The van der Waals surface area contributed by atoms with Crippen molar-refractivity contribution in [3.05, 3.63) is 148 Å². The van der Waals surface area contributed by atoms with Crippen molar-refractivity contribution >= 4 is 35.1 Å². The molecule has 6 rings (SSSR count). The molecule has 1 N–H and O–H groups in total. The van der Waals surface area contributed by atoms with E-state index < -0.39 is 12.0 Å². The Hall–Kier alpha value is -5.23. The van der Waals surface area contributed by atoms with Gasteiger partial charge in [-0.3, -0.25) is 14.5 Å². The number of para-hydroxylation sites is 2. The number of hydrogen-bond donors (Lipinski definition) is 1. The first-order valence-corrected chi connectivity index (χ1v) is 15.6. The third-order valence-electron chi connectivity index (χ3n) is 8.84. The Morgan fingerprint density at radius 2 is 1.48 bits per heavy atom. The quantitative estimate of drug-likeness (QED) is 0.181. The lowest BCUT2D eigenvalue weighted by Crippen LogP contribution is -2.37. The second kappa shape index (κ2) is 12.6. The Balaban J connectivity index is 1.48. The molecular formula is C40H38N2O4. The van der Waals surface area contributed by atoms with E-state index >= 15 is 0 Å². The number of Topliss-reactive ketones (excluding diaryl/α,β-unsaturated/α-hetero) is 1. The molecule has 1 heterocycles. The SMILES string of the molecule is COC(=O)c1ccc([C@H]2C3=C(C[C@@H](c4ccc(C(C)(C)C)cc4)CC3=O)Nc3ccccc3N2C(=O)/C=C/c2ccccc2)cc1. The maximum absolute atomic E-state index is 14.4. The van der Waals surface area contributed by atoms with E-state index in [2.05, 4.69) is 50.4 Å². The van der Waals surface area contributed by atoms with Crippen molar-refractivity contribution in [1.29, 1.82) is 0 Å². The topological polar surface area (TPSA) is 75.7 Å². The molecule has 2 atom stereocenters. The summed E-state index contributed by atoms with van der Waals surface area (Å²) in [5.74, 6) is -0.741. The van der Waals surface area contributed by atoms with Crippen LogP contribution in [-0.4, -0.2) is 24.8 Å². The van der Waals surface area contributed by atoms with Crippen molar-refractivity contribution in [3.8, 4) is 0 Å². The van der Waals surface area contributed by atoms with E-state index in [0.717, 1.165) is 28.1 Å². The first-order chi connectivity index (χ1) is 22.1. The average molecular weight is 611 g/mol. The van der Waals surface area contributed by atoms with Gasteiger partial charge in [-0.2, -0.15) is 0 Å². The lowest BCUT2D eigenvalue weighted by Gasteiger charge is -2.34. The predicted octanol–water partition coefficient (Wildman–Crippen LogP) is 8.38. The van der Waals surface area contributed by atoms with Crippen LogP contribution in [0.15, 0.2) is 120 Å². The number of carbonyl (C=O) groups is 3. The van der Waals surface area contributed by atoms with Gasteiger partial charge in [0.15, 0.2) is 5.78 Å². The van der Waals surface area contributed by atoms with Gasteiger partial charge in [0.2, 0.25) is 0 Å². The number of amides is 1. The van der Waals surface area contributed by atoms with Crippen LogP contribution >= 0.6 is 0 Å². The van der Waals surface area contributed by atoms with Crippen LogP contribution in [0.5, 0.6) is 0 Å². The zero-order chi connectivity index (χ0) is 32.4. The van der Waals surface area contributed by atoms with Crippen molar-refractivity contribution < 1.29 is 19.1 Å². The fourth-order valence-corrected chi connectivity index (χ4v) is 6.37. The Bertz CT molecular complexity index is 1830. The third-order valence-corrected chi connectivity index (χ3v) is 8.84. The normalized spacial score (nSPS) is 18.0. The number of hydrogen-bond acceptors (Lipinski definition) is 5. The molecule has 0 radical (unpaired) electrons. The molecule has 0 aromatic heterocycles. The van der Waals surface area contributed by atoms with Crippen molar-refractivity contribution in [3.63, 3.8) is 0 Å². The Morgan fingerprint density at radius 3 is 2.15 bits per heavy atom. The molecule has 232 valence electrons. The molecule has 1 aliphatic heterocycles. The highest BCUT2D eigenvalue weighted by Gasteiger charge is 2.41. The van der Waals surface area contributed by atoms with E-state index in [0.29, 0.717) is 29.7 Å². The van der Waals surface area contributed by atoms with Gasteiger partial charge < -0.3 is 10.1 Å². The molecule has 4 aromatic carbocycles. The number of ether oxygens (including phenoxy) is 1. The largest absolute Gasteiger partial charge is 0.465 e. The van der Waals surface area contributed by atoms with E-state index in [-0.39, 0.29) is 23.0 Å². The molecule has 0 fully saturated rings. The van der Waals surface area contributed by atoms with E-state index in [1.165, 1.54) is 12.7 Å². The summed E-state index contributed by atoms with van der Waals surface area (Å²) in [5.41, 5.74) is 7.18. The Kier molecular flexibility index (Phi) is 8.46. The van der Waals surface area contributed by atoms with Crippen LogP contribution in [0.2, 0.25) is 0 Å². The molecular weight excluding hydrogens is 572 g/mol. The number of anilines is 2. The molecule has 0 spiro atoms. The van der Waals surface area contributed by atoms with E-state index in [1.54, 1.807) is 41.3 Å². The van der Waals surface area contributed by atoms with Crippen LogP contribution in [0.1, 0.15) is 78.2 Å². The summed E-state index contributed by atoms with van der Waals surface area (Å²) in [6.07, 6.45) is 4.28. The average Bonchev–Trinajstić information content (AvgIpc) is 3.22. The van der Waals surface area contributed by atoms with Crippen LogP contribution in [0.4, 0.5) is 11.4 Å². The van der Waals surface area contributed by atoms with Crippen molar-refractivity contribution in [2.75, 3.05) is 17.3 Å². The Labute approximate surface area is 270 Å². The van der Waals surface area contributed by atoms with Gasteiger partial charge in [0, 0.05) is 23.8 Å². The smallest absolute Gasteiger partial charge is 0.337 e. The van der Waals surface area contributed by atoms with Gasteiger partial charge in [-0.05, 0) is 70.3 Å². The minimum absolute atomic E-state index is 0.0116. The summed E-state index contributed by atoms with van der Waals surface area (Å²) >= 11 is 0. The molecule has 2 aliphatic rings. The highest BCUT2D eigenvalue weighted by Crippen LogP contribution is 2.47. The number of fused-ring (bicyclic) bond motifs is 1. The van der Waals surface area contributed by atoms with Gasteiger partial charge in [0.25, 0.3) is 5.91 Å². The van der Waals surface area contributed by atoms with Crippen LogP contribution in [0.25, 0.3) is 6.08 Å². The number of benzene rings is 4. The number of esters is 1. The van der Waals surface area contributed by atoms with Crippen molar-refractivity contribution in [1.82, 2.24) is 0 Å². The first-order valence-electron chi connectivity index (χ1n) is 15.6. The number of nitrogens with one attached hydrogen (secondary N) is 1. The van der Waals surface area contributed by atoms with E-state index in [1.807, 2.05) is 54.6 Å². The van der Waals surface area contributed by atoms with Gasteiger partial charge in [-0.25, -0.2) is 4.79 Å². The maximum atomic E-state index is 14.4. The summed E-state index contributed by atoms with van der Waals surface area (Å²) in [7, 11) is 1.34. The molecule has 6 heteroatoms. The van der Waals surface area contributed by atoms with Gasteiger partial charge >= 0.3 is 5.97 Å². The minimum Gasteiger partial charge on any atom is -0.465 e. The van der Waals surface area contributed by atoms with Crippen LogP contribution < -0.4 is 10.2 Å². The molecule has 6 nitrogen and oxygen atoms in total. The summed E-state index contributed by atoms with van der Waals surface area (Å²) in [4.78, 5) is 42.6. The first kappa shape index (κ1) is 30.8. The molecule has 0 saturated carbocycles. The van der Waals surface area contributed by atoms with Gasteiger partial charge in [-0.15, -0.1) is 0 Å². The summed E-state index contributed by atoms with van der Waals surface area (Å²) < 4.78 is 4.92. The molecule has 46 heavy (non-hydrogen) atoms. The molecule has 1 aliphatic carbocycles. The maximum Gasteiger partial charge on any atom is 0.337 e. The number of allylic oxidation sites excluding steroid dienone is 1. The standard InChI is InChI=1S/C40H38N2O4/c1-40(2,3)31-21-19-27(20-22-31)30-24-33-37(35(43)25-30)38(28-15-17-29(18-16-28)39(45)46-4)42(34-13-9-8-12-32(34)41-33)36(44)23-14-26-10-6-5-7-11-26/h5-23,30,38,41H,24-25H2,1-4H3/b23-14+/t30-,38+/m1/s1. The highest BCUT2D eigenvalue weighted by atomic mass is 16.5. The number of rotatable bonds is 5. The van der Waals surface area contributed by atoms with Gasteiger partial charge in [0.05, 0.1) is 30.1 Å². The van der Waals surface area contributed by atoms with E-state index in [9.17, 15) is 14.4 Å². The van der Waals surface area contributed by atoms with E-state index in [4.69, 9.17) is 4.74 Å². The lowest BCUT2D eigenvalue weighted by molar-refractivity contribution is -0.116. The van der Waals surface area contributed by atoms with Crippen LogP contribution in [0.3, 0.4) is 0 Å². The van der Waals surface area contributed by atoms with Gasteiger partial charge in [-0.1, -0.05) is 99.6 Å². The zero-order valence-corrected chi connectivity index (χ0v) is 26.6. The number of carbonyl (C=O) groups excluding carboxylic acids is 3. The Morgan fingerprint density at radius 1 is 0.826 bits per heavy atom. The molecule has 1 amide bonds. The summed E-state index contributed by atoms with van der Waals surface area (Å²) in [6.45, 7) is 6.57. The molecule has 4 aromatic rings. The zero-order valence-electron chi connectivity index (χ0n) is 26.6. The molecule has 0 unspecified atom stereocenters. The third kappa shape index (κ3) is 6.16. The van der Waals surface area contributed by atoms with Crippen LogP contribution in [-0.2, 0) is 19.7 Å². The second-order valence-corrected chi connectivity index (χ2v) is 12.9. The molecule has 0 saturated heterocycles. The predicted molar refractivity (Wildman–Crippen MR) is 183 cm³/mol. The number of ketones is 1. The van der Waals surface area contributed by atoms with Crippen molar-refractivity contribution in [2.45, 2.75) is 51.0 Å². The second-order valence-electron chi connectivity index (χ2n) is 12.9. The number of methoxy groups -OCH3 is 1. The minimum atomic E-state index is -0.720. The van der Waals surface area contributed by atoms with Crippen LogP contribution in [0, 0.1) is 0 Å². The molecule has 0 bridgehead atoms. The van der Waals surface area contributed by atoms with Gasteiger partial charge in [0.1, 0.15) is 0 Å². The fourth-order valence-electron chi connectivity index (χ4n) is 6.37. The lowest BCUT2D eigenvalue weighted by atomic mass is 9.77. The summed E-state index contributed by atoms with van der Waals surface area (Å²) in [5, 5.41) is 3.59. The summed E-state index contributed by atoms with van der Waals surface area (Å²) in [6, 6.07) is 32.2. The fraction of sp³-hybridized carbons (Fsp3) is 0.225. The number of nitrogens with zero attached hydrogens (tertiary/aromatic N) is 1.